The van der Waals surface area contributed by atoms with Gasteiger partial charge in [0.25, 0.3) is 0 Å². The van der Waals surface area contributed by atoms with Crippen LogP contribution in [0.5, 0.6) is 5.75 Å². The molecule has 0 unspecified atom stereocenters. The molecule has 114 valence electrons. The molecule has 0 bridgehead atoms. The standard InChI is InChI=1S/C14H18N2O4S/c1-10(2)19-12-4-6-13(7-5-12)21(17,18)16-9-14-15-8-11(3)20-14/h4-8,10,16H,9H2,1-3H3. The number of hydrogen-bond acceptors (Lipinski definition) is 5. The highest BCUT2D eigenvalue weighted by molar-refractivity contribution is 7.89. The Bertz CT molecular complexity index is 690. The maximum Gasteiger partial charge on any atom is 0.241 e. The number of hydrogen-bond donors (Lipinski definition) is 1. The van der Waals surface area contributed by atoms with Gasteiger partial charge in [0.15, 0.2) is 0 Å². The molecule has 0 spiro atoms. The molecule has 0 aliphatic heterocycles. The fourth-order valence-corrected chi connectivity index (χ4v) is 2.67. The summed E-state index contributed by atoms with van der Waals surface area (Å²) in [5.74, 6) is 1.60. The van der Waals surface area contributed by atoms with Crippen LogP contribution in [-0.4, -0.2) is 19.5 Å². The third-order valence-electron chi connectivity index (χ3n) is 2.59. The molecule has 0 atom stereocenters. The molecule has 2 aromatic rings. The monoisotopic (exact) mass is 310 g/mol. The molecule has 0 fully saturated rings. The van der Waals surface area contributed by atoms with E-state index in [1.54, 1.807) is 25.3 Å². The molecule has 1 aromatic heterocycles. The second kappa shape index (κ2) is 6.28. The van der Waals surface area contributed by atoms with Gasteiger partial charge >= 0.3 is 0 Å². The molecule has 6 nitrogen and oxygen atoms in total. The first-order valence-electron chi connectivity index (χ1n) is 6.54. The molecule has 1 aromatic carbocycles. The van der Waals surface area contributed by atoms with Crippen molar-refractivity contribution in [2.75, 3.05) is 0 Å². The summed E-state index contributed by atoms with van der Waals surface area (Å²) in [6.45, 7) is 5.58. The van der Waals surface area contributed by atoms with Gasteiger partial charge in [0.2, 0.25) is 15.9 Å². The van der Waals surface area contributed by atoms with E-state index in [1.807, 2.05) is 13.8 Å². The number of nitrogens with zero attached hydrogens (tertiary/aromatic N) is 1. The van der Waals surface area contributed by atoms with Gasteiger partial charge in [-0.15, -0.1) is 0 Å². The Morgan fingerprint density at radius 3 is 2.48 bits per heavy atom. The topological polar surface area (TPSA) is 81.4 Å². The van der Waals surface area contributed by atoms with Crippen LogP contribution in [0, 0.1) is 6.92 Å². The maximum atomic E-state index is 12.1. The van der Waals surface area contributed by atoms with Crippen molar-refractivity contribution in [2.24, 2.45) is 0 Å². The first kappa shape index (κ1) is 15.5. The summed E-state index contributed by atoms with van der Waals surface area (Å²) >= 11 is 0. The Balaban J connectivity index is 2.05. The molecular formula is C14H18N2O4S. The zero-order chi connectivity index (χ0) is 15.5. The second-order valence-electron chi connectivity index (χ2n) is 4.83. The number of benzene rings is 1. The minimum Gasteiger partial charge on any atom is -0.491 e. The lowest BCUT2D eigenvalue weighted by atomic mass is 10.3. The lowest BCUT2D eigenvalue weighted by Crippen LogP contribution is -2.23. The van der Waals surface area contributed by atoms with Crippen molar-refractivity contribution >= 4 is 10.0 Å². The fraction of sp³-hybridized carbons (Fsp3) is 0.357. The van der Waals surface area contributed by atoms with Gasteiger partial charge in [-0.2, -0.15) is 0 Å². The normalized spacial score (nSPS) is 11.8. The zero-order valence-corrected chi connectivity index (χ0v) is 13.0. The highest BCUT2D eigenvalue weighted by Gasteiger charge is 2.15. The maximum absolute atomic E-state index is 12.1. The van der Waals surface area contributed by atoms with Gasteiger partial charge in [0.1, 0.15) is 11.5 Å². The largest absolute Gasteiger partial charge is 0.491 e. The molecule has 1 N–H and O–H groups in total. The van der Waals surface area contributed by atoms with E-state index in [2.05, 4.69) is 9.71 Å². The summed E-state index contributed by atoms with van der Waals surface area (Å²) in [5, 5.41) is 0. The van der Waals surface area contributed by atoms with E-state index >= 15 is 0 Å². The predicted octanol–water partition coefficient (Wildman–Crippen LogP) is 2.25. The van der Waals surface area contributed by atoms with Crippen LogP contribution in [0.25, 0.3) is 0 Å². The predicted molar refractivity (Wildman–Crippen MR) is 77.5 cm³/mol. The van der Waals surface area contributed by atoms with Gasteiger partial charge in [-0.25, -0.2) is 18.1 Å². The highest BCUT2D eigenvalue weighted by Crippen LogP contribution is 2.17. The van der Waals surface area contributed by atoms with Crippen molar-refractivity contribution in [3.05, 3.63) is 42.1 Å². The minimum atomic E-state index is -3.60. The van der Waals surface area contributed by atoms with Crippen molar-refractivity contribution in [1.29, 1.82) is 0 Å². The molecule has 0 saturated carbocycles. The molecule has 21 heavy (non-hydrogen) atoms. The molecule has 0 saturated heterocycles. The number of rotatable bonds is 6. The van der Waals surface area contributed by atoms with Crippen LogP contribution in [0.2, 0.25) is 0 Å². The fourth-order valence-electron chi connectivity index (χ4n) is 1.69. The molecule has 7 heteroatoms. The highest BCUT2D eigenvalue weighted by atomic mass is 32.2. The lowest BCUT2D eigenvalue weighted by Gasteiger charge is -2.10. The molecule has 0 radical (unpaired) electrons. The number of aryl methyl sites for hydroxylation is 1. The van der Waals surface area contributed by atoms with Crippen LogP contribution in [-0.2, 0) is 16.6 Å². The first-order valence-corrected chi connectivity index (χ1v) is 8.03. The van der Waals surface area contributed by atoms with E-state index in [1.165, 1.54) is 12.1 Å². The Morgan fingerprint density at radius 1 is 1.29 bits per heavy atom. The minimum absolute atomic E-state index is 0.0143. The van der Waals surface area contributed by atoms with Crippen LogP contribution in [0.15, 0.2) is 39.8 Å². The second-order valence-corrected chi connectivity index (χ2v) is 6.59. The van der Waals surface area contributed by atoms with Gasteiger partial charge < -0.3 is 9.15 Å². The SMILES string of the molecule is Cc1cnc(CNS(=O)(=O)c2ccc(OC(C)C)cc2)o1. The van der Waals surface area contributed by atoms with E-state index in [9.17, 15) is 8.42 Å². The van der Waals surface area contributed by atoms with Crippen molar-refractivity contribution in [3.8, 4) is 5.75 Å². The Labute approximate surface area is 124 Å². The average molecular weight is 310 g/mol. The molecule has 0 aliphatic rings. The van der Waals surface area contributed by atoms with E-state index in [-0.39, 0.29) is 17.5 Å². The molecular weight excluding hydrogens is 292 g/mol. The van der Waals surface area contributed by atoms with Crippen molar-refractivity contribution in [1.82, 2.24) is 9.71 Å². The third kappa shape index (κ3) is 4.30. The summed E-state index contributed by atoms with van der Waals surface area (Å²) in [7, 11) is -3.60. The summed E-state index contributed by atoms with van der Waals surface area (Å²) < 4.78 is 37.4. The van der Waals surface area contributed by atoms with Crippen molar-refractivity contribution < 1.29 is 17.6 Å². The van der Waals surface area contributed by atoms with Crippen LogP contribution in [0.4, 0.5) is 0 Å². The molecule has 0 amide bonds. The first-order chi connectivity index (χ1) is 9.87. The molecule has 2 rings (SSSR count). The Morgan fingerprint density at radius 2 is 1.95 bits per heavy atom. The van der Waals surface area contributed by atoms with Gasteiger partial charge in [-0.1, -0.05) is 0 Å². The van der Waals surface area contributed by atoms with Crippen molar-refractivity contribution in [3.63, 3.8) is 0 Å². The third-order valence-corrected chi connectivity index (χ3v) is 4.01. The number of oxazole rings is 1. The van der Waals surface area contributed by atoms with Gasteiger partial charge in [0.05, 0.1) is 23.7 Å². The smallest absolute Gasteiger partial charge is 0.241 e. The van der Waals surface area contributed by atoms with E-state index < -0.39 is 10.0 Å². The molecule has 0 aliphatic carbocycles. The van der Waals surface area contributed by atoms with E-state index in [4.69, 9.17) is 9.15 Å². The van der Waals surface area contributed by atoms with Crippen LogP contribution >= 0.6 is 0 Å². The Hall–Kier alpha value is -1.86. The average Bonchev–Trinajstić information content (AvgIpc) is 2.82. The van der Waals surface area contributed by atoms with Gasteiger partial charge in [-0.05, 0) is 45.0 Å². The number of aromatic nitrogens is 1. The summed E-state index contributed by atoms with van der Waals surface area (Å²) in [6.07, 6.45) is 1.58. The quantitative estimate of drug-likeness (QED) is 0.885. The van der Waals surface area contributed by atoms with Crippen molar-refractivity contribution in [2.45, 2.75) is 38.3 Å². The summed E-state index contributed by atoms with van der Waals surface area (Å²) in [5.41, 5.74) is 0. The van der Waals surface area contributed by atoms with Crippen LogP contribution in [0.1, 0.15) is 25.5 Å². The summed E-state index contributed by atoms with van der Waals surface area (Å²) in [4.78, 5) is 4.11. The molecule has 1 heterocycles. The lowest BCUT2D eigenvalue weighted by molar-refractivity contribution is 0.242. The zero-order valence-electron chi connectivity index (χ0n) is 12.2. The van der Waals surface area contributed by atoms with E-state index in [0.717, 1.165) is 0 Å². The van der Waals surface area contributed by atoms with E-state index in [0.29, 0.717) is 17.4 Å². The Kier molecular flexibility index (Phi) is 4.64. The number of sulfonamides is 1. The number of ether oxygens (including phenoxy) is 1. The van der Waals surface area contributed by atoms with Crippen LogP contribution < -0.4 is 9.46 Å². The van der Waals surface area contributed by atoms with Crippen LogP contribution in [0.3, 0.4) is 0 Å². The summed E-state index contributed by atoms with van der Waals surface area (Å²) in [6, 6.07) is 6.26. The van der Waals surface area contributed by atoms with Gasteiger partial charge in [0, 0.05) is 0 Å². The number of nitrogens with one attached hydrogen (secondary N) is 1. The van der Waals surface area contributed by atoms with Gasteiger partial charge in [-0.3, -0.25) is 0 Å².